The molecule has 0 saturated heterocycles. The van der Waals surface area contributed by atoms with Crippen LogP contribution in [0.15, 0.2) is 18.2 Å². The summed E-state index contributed by atoms with van der Waals surface area (Å²) in [7, 11) is 4.01. The quantitative estimate of drug-likeness (QED) is 0.635. The Kier molecular flexibility index (Phi) is 8.15. The van der Waals surface area contributed by atoms with Crippen molar-refractivity contribution in [3.63, 3.8) is 0 Å². The molecule has 1 aliphatic carbocycles. The molecule has 0 spiro atoms. The van der Waals surface area contributed by atoms with Gasteiger partial charge in [0.25, 0.3) is 0 Å². The third kappa shape index (κ3) is 6.14. The third-order valence-electron chi connectivity index (χ3n) is 5.34. The van der Waals surface area contributed by atoms with Crippen LogP contribution >= 0.6 is 0 Å². The number of hydrogen-bond acceptors (Lipinski definition) is 3. The van der Waals surface area contributed by atoms with Crippen molar-refractivity contribution in [1.29, 1.82) is 0 Å². The van der Waals surface area contributed by atoms with Crippen LogP contribution in [0.4, 0.5) is 16.2 Å². The summed E-state index contributed by atoms with van der Waals surface area (Å²) >= 11 is 0. The summed E-state index contributed by atoms with van der Waals surface area (Å²) < 4.78 is 0. The molecule has 0 atom stereocenters. The van der Waals surface area contributed by atoms with Gasteiger partial charge in [0.05, 0.1) is 0 Å². The van der Waals surface area contributed by atoms with Crippen LogP contribution < -0.4 is 15.5 Å². The van der Waals surface area contributed by atoms with Gasteiger partial charge in [-0.05, 0) is 62.3 Å². The highest BCUT2D eigenvalue weighted by molar-refractivity contribution is 5.89. The summed E-state index contributed by atoms with van der Waals surface area (Å²) in [6.45, 7) is 8.04. The zero-order valence-electron chi connectivity index (χ0n) is 18.0. The number of nitrogens with zero attached hydrogens (tertiary/aromatic N) is 2. The topological polar surface area (TPSA) is 64.7 Å². The lowest BCUT2D eigenvalue weighted by molar-refractivity contribution is -0.136. The van der Waals surface area contributed by atoms with Crippen molar-refractivity contribution >= 4 is 23.3 Å². The predicted molar refractivity (Wildman–Crippen MR) is 116 cm³/mol. The van der Waals surface area contributed by atoms with Gasteiger partial charge in [-0.25, -0.2) is 4.79 Å². The highest BCUT2D eigenvalue weighted by atomic mass is 16.2. The van der Waals surface area contributed by atoms with Crippen molar-refractivity contribution in [3.05, 3.63) is 23.8 Å². The highest BCUT2D eigenvalue weighted by Crippen LogP contribution is 2.32. The smallest absolute Gasteiger partial charge is 0.319 e. The molecule has 6 heteroatoms. The number of carbonyl (C=O) groups excluding carboxylic acids is 2. The van der Waals surface area contributed by atoms with Gasteiger partial charge >= 0.3 is 6.03 Å². The normalized spacial score (nSPS) is 13.4. The van der Waals surface area contributed by atoms with Gasteiger partial charge in [-0.1, -0.05) is 13.8 Å². The second-order valence-corrected chi connectivity index (χ2v) is 7.90. The second-order valence-electron chi connectivity index (χ2n) is 7.90. The number of urea groups is 1. The predicted octanol–water partition coefficient (Wildman–Crippen LogP) is 4.07. The summed E-state index contributed by atoms with van der Waals surface area (Å²) in [5.41, 5.74) is 2.87. The first-order chi connectivity index (χ1) is 13.4. The first kappa shape index (κ1) is 22.1. The SMILES string of the molecule is CCNC(=O)Nc1ccc(N(C)C)c(CN(CC2CC2)C(=O)C(CC)CC)c1. The molecule has 0 heterocycles. The Morgan fingerprint density at radius 2 is 1.82 bits per heavy atom. The van der Waals surface area contributed by atoms with E-state index in [1.54, 1.807) is 0 Å². The maximum absolute atomic E-state index is 13.1. The third-order valence-corrected chi connectivity index (χ3v) is 5.34. The van der Waals surface area contributed by atoms with Crippen LogP contribution in [-0.2, 0) is 11.3 Å². The fourth-order valence-corrected chi connectivity index (χ4v) is 3.51. The Labute approximate surface area is 169 Å². The van der Waals surface area contributed by atoms with E-state index < -0.39 is 0 Å². The molecule has 0 radical (unpaired) electrons. The number of rotatable bonds is 10. The molecule has 0 aliphatic heterocycles. The van der Waals surface area contributed by atoms with Crippen molar-refractivity contribution in [2.24, 2.45) is 11.8 Å². The molecular weight excluding hydrogens is 352 g/mol. The zero-order valence-corrected chi connectivity index (χ0v) is 18.0. The van der Waals surface area contributed by atoms with E-state index in [9.17, 15) is 9.59 Å². The maximum atomic E-state index is 13.1. The van der Waals surface area contributed by atoms with Crippen LogP contribution in [0, 0.1) is 11.8 Å². The molecule has 1 aromatic carbocycles. The van der Waals surface area contributed by atoms with Gasteiger partial charge < -0.3 is 20.4 Å². The lowest BCUT2D eigenvalue weighted by Gasteiger charge is -2.29. The molecule has 6 nitrogen and oxygen atoms in total. The van der Waals surface area contributed by atoms with E-state index in [4.69, 9.17) is 0 Å². The number of benzene rings is 1. The second kappa shape index (κ2) is 10.3. The molecule has 0 bridgehead atoms. The van der Waals surface area contributed by atoms with Gasteiger partial charge in [0.1, 0.15) is 0 Å². The standard InChI is InChI=1S/C22H36N4O2/c1-6-17(7-2)21(27)26(14-16-9-10-16)15-18-13-19(24-22(28)23-8-3)11-12-20(18)25(4)5/h11-13,16-17H,6-10,14-15H2,1-5H3,(H2,23,24,28). The Balaban J connectivity index is 2.26. The minimum absolute atomic E-state index is 0.0817. The van der Waals surface area contributed by atoms with Crippen molar-refractivity contribution in [1.82, 2.24) is 10.2 Å². The van der Waals surface area contributed by atoms with Gasteiger partial charge in [0.15, 0.2) is 0 Å². The van der Waals surface area contributed by atoms with Gasteiger partial charge in [0.2, 0.25) is 5.91 Å². The molecule has 0 aromatic heterocycles. The fourth-order valence-electron chi connectivity index (χ4n) is 3.51. The van der Waals surface area contributed by atoms with Crippen molar-refractivity contribution in [3.8, 4) is 0 Å². The van der Waals surface area contributed by atoms with Crippen LogP contribution in [0.25, 0.3) is 0 Å². The number of hydrogen-bond donors (Lipinski definition) is 2. The molecule has 1 saturated carbocycles. The molecule has 2 N–H and O–H groups in total. The number of amides is 3. The Hall–Kier alpha value is -2.24. The minimum atomic E-state index is -0.214. The van der Waals surface area contributed by atoms with E-state index in [0.717, 1.165) is 36.3 Å². The van der Waals surface area contributed by atoms with E-state index in [1.807, 2.05) is 44.1 Å². The zero-order chi connectivity index (χ0) is 20.7. The van der Waals surface area contributed by atoms with E-state index >= 15 is 0 Å². The molecule has 2 rings (SSSR count). The summed E-state index contributed by atoms with van der Waals surface area (Å²) in [5, 5.41) is 5.63. The minimum Gasteiger partial charge on any atom is -0.377 e. The average molecular weight is 389 g/mol. The monoisotopic (exact) mass is 388 g/mol. The molecular formula is C22H36N4O2. The van der Waals surface area contributed by atoms with E-state index in [2.05, 4.69) is 29.4 Å². The van der Waals surface area contributed by atoms with Gasteiger partial charge in [-0.2, -0.15) is 0 Å². The molecule has 1 fully saturated rings. The first-order valence-electron chi connectivity index (χ1n) is 10.5. The van der Waals surface area contributed by atoms with Crippen LogP contribution in [0.3, 0.4) is 0 Å². The average Bonchev–Trinajstić information content (AvgIpc) is 3.46. The van der Waals surface area contributed by atoms with Crippen molar-refractivity contribution in [2.45, 2.75) is 53.0 Å². The number of carbonyl (C=O) groups is 2. The Morgan fingerprint density at radius 1 is 1.14 bits per heavy atom. The Bertz CT molecular complexity index is 667. The molecule has 0 unspecified atom stereocenters. The highest BCUT2D eigenvalue weighted by Gasteiger charge is 2.29. The van der Waals surface area contributed by atoms with Crippen LogP contribution in [0.1, 0.15) is 52.0 Å². The number of nitrogens with one attached hydrogen (secondary N) is 2. The summed E-state index contributed by atoms with van der Waals surface area (Å²) in [5.74, 6) is 0.972. The fraction of sp³-hybridized carbons (Fsp3) is 0.636. The maximum Gasteiger partial charge on any atom is 0.319 e. The Morgan fingerprint density at radius 3 is 2.36 bits per heavy atom. The van der Waals surface area contributed by atoms with E-state index in [0.29, 0.717) is 19.0 Å². The lowest BCUT2D eigenvalue weighted by atomic mass is 10.0. The summed E-state index contributed by atoms with van der Waals surface area (Å²) in [6, 6.07) is 5.69. The van der Waals surface area contributed by atoms with Crippen molar-refractivity contribution < 1.29 is 9.59 Å². The number of anilines is 2. The van der Waals surface area contributed by atoms with Gasteiger partial charge in [-0.15, -0.1) is 0 Å². The van der Waals surface area contributed by atoms with E-state index in [-0.39, 0.29) is 17.9 Å². The molecule has 28 heavy (non-hydrogen) atoms. The lowest BCUT2D eigenvalue weighted by Crippen LogP contribution is -2.37. The van der Waals surface area contributed by atoms with Crippen molar-refractivity contribution in [2.75, 3.05) is 37.4 Å². The van der Waals surface area contributed by atoms with Crippen LogP contribution in [-0.4, -0.2) is 44.0 Å². The molecule has 156 valence electrons. The van der Waals surface area contributed by atoms with Crippen LogP contribution in [0.2, 0.25) is 0 Å². The largest absolute Gasteiger partial charge is 0.377 e. The van der Waals surface area contributed by atoms with Gasteiger partial charge in [0, 0.05) is 51.0 Å². The summed E-state index contributed by atoms with van der Waals surface area (Å²) in [4.78, 5) is 29.1. The molecule has 1 aliphatic rings. The van der Waals surface area contributed by atoms with Crippen LogP contribution in [0.5, 0.6) is 0 Å². The van der Waals surface area contributed by atoms with E-state index in [1.165, 1.54) is 12.8 Å². The molecule has 1 aromatic rings. The molecule has 3 amide bonds. The van der Waals surface area contributed by atoms with Gasteiger partial charge in [-0.3, -0.25) is 4.79 Å². The first-order valence-corrected chi connectivity index (χ1v) is 10.5. The summed E-state index contributed by atoms with van der Waals surface area (Å²) in [6.07, 6.45) is 4.17.